The van der Waals surface area contributed by atoms with Gasteiger partial charge in [0, 0.05) is 22.3 Å². The Bertz CT molecular complexity index is 1320. The summed E-state index contributed by atoms with van der Waals surface area (Å²) in [5.41, 5.74) is 7.77. The molecule has 4 atom stereocenters. The molecule has 56 heavy (non-hydrogen) atoms. The normalized spacial score (nSPS) is 18.5. The highest BCUT2D eigenvalue weighted by Crippen LogP contribution is 2.49. The van der Waals surface area contributed by atoms with E-state index in [-0.39, 0.29) is 21.7 Å². The minimum atomic E-state index is -0.0456. The molecule has 0 spiro atoms. The van der Waals surface area contributed by atoms with E-state index in [9.17, 15) is 0 Å². The molecule has 0 N–H and O–H groups in total. The number of benzene rings is 2. The van der Waals surface area contributed by atoms with Crippen LogP contribution in [0.5, 0.6) is 11.5 Å². The monoisotopic (exact) mass is 775 g/mol. The first-order chi connectivity index (χ1) is 26.5. The topological polar surface area (TPSA) is 43.5 Å². The highest BCUT2D eigenvalue weighted by molar-refractivity contribution is 5.73. The summed E-state index contributed by atoms with van der Waals surface area (Å²) in [7, 11) is 0. The molecule has 318 valence electrons. The maximum atomic E-state index is 7.04. The standard InChI is InChI=1S/C52H86O4/c1-15-21-25-37(45-35-55-45)27-23-29-53-47-41(49(7,8)17-3)31-39(32-42(47)50(9,10)18-4)40-33-43(51(11,12)19-5)48(44(34-40)52(13,14)20-6)54-30-24-28-38(26-22-16-2)46-36-56-46/h31-34,37-38,45-46H,15-30,35-36H2,1-14H3. The van der Waals surface area contributed by atoms with E-state index in [1.54, 1.807) is 0 Å². The van der Waals surface area contributed by atoms with E-state index < -0.39 is 0 Å². The van der Waals surface area contributed by atoms with Crippen molar-refractivity contribution in [3.05, 3.63) is 46.5 Å². The summed E-state index contributed by atoms with van der Waals surface area (Å²) in [4.78, 5) is 0. The summed E-state index contributed by atoms with van der Waals surface area (Å²) in [5.74, 6) is 3.57. The van der Waals surface area contributed by atoms with Crippen molar-refractivity contribution >= 4 is 0 Å². The van der Waals surface area contributed by atoms with Crippen molar-refractivity contribution in [1.82, 2.24) is 0 Å². The molecule has 2 heterocycles. The zero-order valence-corrected chi connectivity index (χ0v) is 39.0. The van der Waals surface area contributed by atoms with Gasteiger partial charge in [-0.15, -0.1) is 0 Å². The van der Waals surface area contributed by atoms with Crippen molar-refractivity contribution in [2.45, 2.75) is 221 Å². The second-order valence-corrected chi connectivity index (χ2v) is 20.3. The molecular weight excluding hydrogens is 689 g/mol. The van der Waals surface area contributed by atoms with Crippen LogP contribution in [0.25, 0.3) is 11.1 Å². The number of hydrogen-bond acceptors (Lipinski definition) is 4. The van der Waals surface area contributed by atoms with E-state index in [1.165, 1.54) is 84.7 Å². The van der Waals surface area contributed by atoms with Crippen molar-refractivity contribution < 1.29 is 18.9 Å². The molecule has 0 saturated carbocycles. The Balaban J connectivity index is 1.79. The van der Waals surface area contributed by atoms with Gasteiger partial charge in [0.1, 0.15) is 11.5 Å². The molecule has 4 nitrogen and oxygen atoms in total. The van der Waals surface area contributed by atoms with E-state index in [2.05, 4.69) is 121 Å². The lowest BCUT2D eigenvalue weighted by Gasteiger charge is -2.35. The van der Waals surface area contributed by atoms with Gasteiger partial charge in [-0.25, -0.2) is 0 Å². The molecule has 2 aliphatic heterocycles. The average Bonchev–Trinajstić information content (AvgIpc) is 4.12. The maximum Gasteiger partial charge on any atom is 0.126 e. The lowest BCUT2D eigenvalue weighted by molar-refractivity contribution is 0.249. The van der Waals surface area contributed by atoms with Gasteiger partial charge in [0.25, 0.3) is 0 Å². The highest BCUT2D eigenvalue weighted by Gasteiger charge is 2.36. The van der Waals surface area contributed by atoms with Gasteiger partial charge in [0.15, 0.2) is 0 Å². The van der Waals surface area contributed by atoms with E-state index in [0.29, 0.717) is 24.0 Å². The van der Waals surface area contributed by atoms with Crippen LogP contribution in [-0.2, 0) is 31.1 Å². The summed E-state index contributed by atoms with van der Waals surface area (Å²) in [6.45, 7) is 36.5. The van der Waals surface area contributed by atoms with Gasteiger partial charge in [-0.1, -0.05) is 123 Å². The third kappa shape index (κ3) is 12.0. The van der Waals surface area contributed by atoms with Gasteiger partial charge in [-0.2, -0.15) is 0 Å². The lowest BCUT2D eigenvalue weighted by Crippen LogP contribution is -2.24. The van der Waals surface area contributed by atoms with Crippen LogP contribution >= 0.6 is 0 Å². The zero-order chi connectivity index (χ0) is 41.3. The predicted octanol–water partition coefficient (Wildman–Crippen LogP) is 14.8. The Hall–Kier alpha value is -2.04. The predicted molar refractivity (Wildman–Crippen MR) is 240 cm³/mol. The first-order valence-electron chi connectivity index (χ1n) is 23.4. The van der Waals surface area contributed by atoms with E-state index in [0.717, 1.165) is 76.5 Å². The highest BCUT2D eigenvalue weighted by atomic mass is 16.6. The Kier molecular flexibility index (Phi) is 16.9. The molecule has 0 amide bonds. The molecule has 2 saturated heterocycles. The molecule has 2 aliphatic rings. The maximum absolute atomic E-state index is 7.04. The fourth-order valence-corrected chi connectivity index (χ4v) is 8.33. The van der Waals surface area contributed by atoms with Gasteiger partial charge in [0.2, 0.25) is 0 Å². The fourth-order valence-electron chi connectivity index (χ4n) is 8.33. The third-order valence-electron chi connectivity index (χ3n) is 14.5. The van der Waals surface area contributed by atoms with Crippen molar-refractivity contribution in [3.63, 3.8) is 0 Å². The SMILES string of the molecule is CCCCC(CCCOc1c(C(C)(C)CC)cc(-c2cc(C(C)(C)CC)c(OCCCC(CCCC)C3CO3)c(C(C)(C)CC)c2)cc1C(C)(C)CC)C1CO1. The summed E-state index contributed by atoms with van der Waals surface area (Å²) in [6.07, 6.45) is 17.2. The van der Waals surface area contributed by atoms with Crippen LogP contribution in [0.1, 0.15) is 209 Å². The molecule has 0 radical (unpaired) electrons. The molecule has 4 rings (SSSR count). The second kappa shape index (κ2) is 20.3. The fraction of sp³-hybridized carbons (Fsp3) is 0.769. The molecule has 4 unspecified atom stereocenters. The van der Waals surface area contributed by atoms with Crippen LogP contribution < -0.4 is 9.47 Å². The van der Waals surface area contributed by atoms with E-state index in [4.69, 9.17) is 18.9 Å². The number of hydrogen-bond donors (Lipinski definition) is 0. The number of unbranched alkanes of at least 4 members (excludes halogenated alkanes) is 2. The average molecular weight is 775 g/mol. The van der Waals surface area contributed by atoms with Gasteiger partial charge in [-0.05, 0) is 133 Å². The summed E-state index contributed by atoms with van der Waals surface area (Å²) in [5, 5.41) is 0. The molecular formula is C52H86O4. The van der Waals surface area contributed by atoms with Crippen LogP contribution in [0.3, 0.4) is 0 Å². The van der Waals surface area contributed by atoms with Gasteiger partial charge in [-0.3, -0.25) is 0 Å². The summed E-state index contributed by atoms with van der Waals surface area (Å²) in [6, 6.07) is 9.98. The third-order valence-corrected chi connectivity index (χ3v) is 14.5. The van der Waals surface area contributed by atoms with Crippen LogP contribution in [0, 0.1) is 11.8 Å². The molecule has 4 heteroatoms. The smallest absolute Gasteiger partial charge is 0.126 e. The van der Waals surface area contributed by atoms with E-state index >= 15 is 0 Å². The van der Waals surface area contributed by atoms with Crippen LogP contribution in [0.2, 0.25) is 0 Å². The van der Waals surface area contributed by atoms with Gasteiger partial charge < -0.3 is 18.9 Å². The van der Waals surface area contributed by atoms with Crippen molar-refractivity contribution in [2.75, 3.05) is 26.4 Å². The molecule has 2 aromatic rings. The van der Waals surface area contributed by atoms with Crippen molar-refractivity contribution in [1.29, 1.82) is 0 Å². The van der Waals surface area contributed by atoms with Crippen LogP contribution in [0.4, 0.5) is 0 Å². The Labute approximate surface area is 346 Å². The summed E-state index contributed by atoms with van der Waals surface area (Å²) >= 11 is 0. The van der Waals surface area contributed by atoms with Crippen molar-refractivity contribution in [2.24, 2.45) is 11.8 Å². The lowest BCUT2D eigenvalue weighted by atomic mass is 9.72. The second-order valence-electron chi connectivity index (χ2n) is 20.3. The Morgan fingerprint density at radius 3 is 0.982 bits per heavy atom. The molecule has 0 aromatic heterocycles. The van der Waals surface area contributed by atoms with Gasteiger partial charge in [0.05, 0.1) is 38.6 Å². The zero-order valence-electron chi connectivity index (χ0n) is 39.0. The molecule has 2 fully saturated rings. The quantitative estimate of drug-likeness (QED) is 0.0670. The number of rotatable bonds is 27. The Morgan fingerprint density at radius 2 is 0.750 bits per heavy atom. The van der Waals surface area contributed by atoms with Crippen LogP contribution in [-0.4, -0.2) is 38.6 Å². The minimum Gasteiger partial charge on any atom is -0.493 e. The van der Waals surface area contributed by atoms with Crippen molar-refractivity contribution in [3.8, 4) is 22.6 Å². The largest absolute Gasteiger partial charge is 0.493 e. The number of epoxide rings is 2. The Morgan fingerprint density at radius 1 is 0.482 bits per heavy atom. The summed E-state index contributed by atoms with van der Waals surface area (Å²) < 4.78 is 25.6. The van der Waals surface area contributed by atoms with E-state index in [1.807, 2.05) is 0 Å². The first-order valence-corrected chi connectivity index (χ1v) is 23.4. The van der Waals surface area contributed by atoms with Crippen LogP contribution in [0.15, 0.2) is 24.3 Å². The number of ether oxygens (including phenoxy) is 4. The molecule has 0 aliphatic carbocycles. The first kappa shape index (κ1) is 46.6. The minimum absolute atomic E-state index is 0.0456. The molecule has 2 aromatic carbocycles. The van der Waals surface area contributed by atoms with Gasteiger partial charge >= 0.3 is 0 Å². The molecule has 0 bridgehead atoms.